The van der Waals surface area contributed by atoms with Crippen LogP contribution in [0.2, 0.25) is 0 Å². The maximum absolute atomic E-state index is 5.41. The number of aromatic nitrogens is 3. The number of nitrogens with one attached hydrogen (secondary N) is 1. The molecule has 0 saturated heterocycles. The van der Waals surface area contributed by atoms with Crippen LogP contribution in [-0.2, 0) is 0 Å². The second kappa shape index (κ2) is 7.10. The monoisotopic (exact) mass is 340 g/mol. The van der Waals surface area contributed by atoms with Gasteiger partial charge in [0, 0.05) is 11.1 Å². The molecule has 0 bridgehead atoms. The summed E-state index contributed by atoms with van der Waals surface area (Å²) in [4.78, 5) is 0. The fraction of sp³-hybridized carbons (Fsp3) is 0.118. The summed E-state index contributed by atoms with van der Waals surface area (Å²) in [6, 6.07) is 15.3. The lowest BCUT2D eigenvalue weighted by Gasteiger charge is -2.09. The number of aromatic amines is 1. The van der Waals surface area contributed by atoms with Crippen LogP contribution < -0.4 is 9.47 Å². The highest BCUT2D eigenvalue weighted by atomic mass is 32.1. The van der Waals surface area contributed by atoms with Crippen molar-refractivity contribution in [2.45, 2.75) is 0 Å². The average molecular weight is 340 g/mol. The summed E-state index contributed by atoms with van der Waals surface area (Å²) in [5.41, 5.74) is 1.69. The molecular formula is C17H16N4O2S. The van der Waals surface area contributed by atoms with Gasteiger partial charge in [-0.25, -0.2) is 5.10 Å². The Morgan fingerprint density at radius 3 is 2.58 bits per heavy atom. The Balaban J connectivity index is 2.03. The summed E-state index contributed by atoms with van der Waals surface area (Å²) in [5, 5.41) is 11.5. The number of benzene rings is 2. The van der Waals surface area contributed by atoms with Gasteiger partial charge >= 0.3 is 0 Å². The first-order valence-corrected chi connectivity index (χ1v) is 7.63. The SMILES string of the molecule is COc1cccc(C=Nn2c(-c3ccccc3)n[nH]c2=S)c1OC. The number of methoxy groups -OCH3 is 2. The molecule has 0 atom stereocenters. The van der Waals surface area contributed by atoms with Crippen molar-refractivity contribution in [2.24, 2.45) is 5.10 Å². The van der Waals surface area contributed by atoms with E-state index >= 15 is 0 Å². The van der Waals surface area contributed by atoms with Gasteiger partial charge in [0.15, 0.2) is 17.3 Å². The molecule has 0 fully saturated rings. The van der Waals surface area contributed by atoms with E-state index < -0.39 is 0 Å². The van der Waals surface area contributed by atoms with Crippen molar-refractivity contribution in [3.8, 4) is 22.9 Å². The minimum Gasteiger partial charge on any atom is -0.493 e. The van der Waals surface area contributed by atoms with Crippen molar-refractivity contribution < 1.29 is 9.47 Å². The van der Waals surface area contributed by atoms with Gasteiger partial charge in [-0.1, -0.05) is 36.4 Å². The maximum Gasteiger partial charge on any atom is 0.216 e. The van der Waals surface area contributed by atoms with E-state index in [2.05, 4.69) is 15.3 Å². The summed E-state index contributed by atoms with van der Waals surface area (Å²) in [6.45, 7) is 0. The Hall–Kier alpha value is -2.93. The minimum absolute atomic E-state index is 0.409. The van der Waals surface area contributed by atoms with E-state index in [1.807, 2.05) is 48.5 Å². The summed E-state index contributed by atoms with van der Waals surface area (Å²) in [5.74, 6) is 1.89. The molecule has 0 radical (unpaired) electrons. The summed E-state index contributed by atoms with van der Waals surface area (Å²) in [7, 11) is 3.19. The minimum atomic E-state index is 0.409. The van der Waals surface area contributed by atoms with E-state index in [1.165, 1.54) is 0 Å². The number of H-pyrrole nitrogens is 1. The van der Waals surface area contributed by atoms with E-state index in [0.717, 1.165) is 11.1 Å². The molecule has 0 aliphatic heterocycles. The normalized spacial score (nSPS) is 10.9. The molecule has 122 valence electrons. The Morgan fingerprint density at radius 2 is 1.88 bits per heavy atom. The molecule has 24 heavy (non-hydrogen) atoms. The van der Waals surface area contributed by atoms with Crippen molar-refractivity contribution in [1.29, 1.82) is 0 Å². The number of nitrogens with zero attached hydrogens (tertiary/aromatic N) is 3. The Labute approximate surface area is 144 Å². The number of hydrogen-bond donors (Lipinski definition) is 1. The van der Waals surface area contributed by atoms with Crippen LogP contribution in [-0.4, -0.2) is 35.3 Å². The lowest BCUT2D eigenvalue weighted by molar-refractivity contribution is 0.354. The largest absolute Gasteiger partial charge is 0.493 e. The zero-order valence-corrected chi connectivity index (χ0v) is 14.1. The Kier molecular flexibility index (Phi) is 4.72. The van der Waals surface area contributed by atoms with E-state index in [9.17, 15) is 0 Å². The fourth-order valence-corrected chi connectivity index (χ4v) is 2.49. The number of rotatable bonds is 5. The van der Waals surface area contributed by atoms with Crippen molar-refractivity contribution in [1.82, 2.24) is 14.9 Å². The highest BCUT2D eigenvalue weighted by Gasteiger charge is 2.10. The second-order valence-electron chi connectivity index (χ2n) is 4.86. The van der Waals surface area contributed by atoms with E-state index in [4.69, 9.17) is 21.7 Å². The smallest absolute Gasteiger partial charge is 0.216 e. The van der Waals surface area contributed by atoms with Crippen LogP contribution in [0.25, 0.3) is 11.4 Å². The Morgan fingerprint density at radius 1 is 1.08 bits per heavy atom. The van der Waals surface area contributed by atoms with E-state index in [0.29, 0.717) is 22.1 Å². The van der Waals surface area contributed by atoms with E-state index in [1.54, 1.807) is 25.1 Å². The molecular weight excluding hydrogens is 324 g/mol. The molecule has 1 aromatic heterocycles. The fourth-order valence-electron chi connectivity index (χ4n) is 2.31. The molecule has 3 rings (SSSR count). The zero-order valence-electron chi connectivity index (χ0n) is 13.3. The Bertz CT molecular complexity index is 916. The van der Waals surface area contributed by atoms with Crippen LogP contribution >= 0.6 is 12.2 Å². The topological polar surface area (TPSA) is 64.4 Å². The molecule has 0 spiro atoms. The summed E-state index contributed by atoms with van der Waals surface area (Å²) >= 11 is 5.27. The standard InChI is InChI=1S/C17H16N4O2S/c1-22-14-10-6-9-13(15(14)23-2)11-18-21-16(19-20-17(21)24)12-7-4-3-5-8-12/h3-11H,1-2H3,(H,20,24). The van der Waals surface area contributed by atoms with Crippen molar-refractivity contribution in [3.05, 3.63) is 58.9 Å². The summed E-state index contributed by atoms with van der Waals surface area (Å²) < 4.78 is 12.7. The van der Waals surface area contributed by atoms with Crippen molar-refractivity contribution in [2.75, 3.05) is 14.2 Å². The van der Waals surface area contributed by atoms with Crippen LogP contribution in [0.3, 0.4) is 0 Å². The van der Waals surface area contributed by atoms with Crippen LogP contribution in [0.1, 0.15) is 5.56 Å². The van der Waals surface area contributed by atoms with Crippen LogP contribution in [0.5, 0.6) is 11.5 Å². The second-order valence-corrected chi connectivity index (χ2v) is 5.24. The molecule has 1 heterocycles. The van der Waals surface area contributed by atoms with Crippen molar-refractivity contribution in [3.63, 3.8) is 0 Å². The maximum atomic E-state index is 5.41. The predicted octanol–water partition coefficient (Wildman–Crippen LogP) is 3.51. The zero-order chi connectivity index (χ0) is 16.9. The van der Waals surface area contributed by atoms with Crippen LogP contribution in [0, 0.1) is 4.77 Å². The van der Waals surface area contributed by atoms with Gasteiger partial charge in [-0.15, -0.1) is 0 Å². The van der Waals surface area contributed by atoms with Crippen LogP contribution in [0.4, 0.5) is 0 Å². The molecule has 1 N–H and O–H groups in total. The van der Waals surface area contributed by atoms with Gasteiger partial charge in [0.25, 0.3) is 0 Å². The first kappa shape index (κ1) is 15.9. The molecule has 0 aliphatic carbocycles. The highest BCUT2D eigenvalue weighted by molar-refractivity contribution is 7.71. The van der Waals surface area contributed by atoms with Gasteiger partial charge in [-0.2, -0.15) is 14.9 Å². The molecule has 3 aromatic rings. The van der Waals surface area contributed by atoms with Crippen LogP contribution in [0.15, 0.2) is 53.6 Å². The first-order chi connectivity index (χ1) is 11.7. The first-order valence-electron chi connectivity index (χ1n) is 7.22. The molecule has 0 amide bonds. The third-order valence-electron chi connectivity index (χ3n) is 3.43. The van der Waals surface area contributed by atoms with Gasteiger partial charge in [-0.3, -0.25) is 0 Å². The van der Waals surface area contributed by atoms with Gasteiger partial charge < -0.3 is 9.47 Å². The van der Waals surface area contributed by atoms with Crippen molar-refractivity contribution >= 4 is 18.4 Å². The van der Waals surface area contributed by atoms with Gasteiger partial charge in [0.1, 0.15) is 0 Å². The molecule has 2 aromatic carbocycles. The van der Waals surface area contributed by atoms with E-state index in [-0.39, 0.29) is 0 Å². The summed E-state index contributed by atoms with van der Waals surface area (Å²) in [6.07, 6.45) is 1.67. The molecule has 0 saturated carbocycles. The predicted molar refractivity (Wildman–Crippen MR) is 95.4 cm³/mol. The highest BCUT2D eigenvalue weighted by Crippen LogP contribution is 2.29. The molecule has 6 nitrogen and oxygen atoms in total. The van der Waals surface area contributed by atoms with Gasteiger partial charge in [0.05, 0.1) is 20.4 Å². The lowest BCUT2D eigenvalue weighted by atomic mass is 10.2. The molecule has 0 unspecified atom stereocenters. The number of hydrogen-bond acceptors (Lipinski definition) is 5. The third kappa shape index (κ3) is 3.07. The number of para-hydroxylation sites is 1. The average Bonchev–Trinajstić information content (AvgIpc) is 3.00. The van der Waals surface area contributed by atoms with Gasteiger partial charge in [0.2, 0.25) is 4.77 Å². The quantitative estimate of drug-likeness (QED) is 0.570. The molecule has 7 heteroatoms. The lowest BCUT2D eigenvalue weighted by Crippen LogP contribution is -1.98. The third-order valence-corrected chi connectivity index (χ3v) is 3.69. The van der Waals surface area contributed by atoms with Gasteiger partial charge in [-0.05, 0) is 24.4 Å². The molecule has 0 aliphatic rings. The number of ether oxygens (including phenoxy) is 2.